The average Bonchev–Trinajstić information content (AvgIpc) is 3.28. The maximum atomic E-state index is 14.1. The summed E-state index contributed by atoms with van der Waals surface area (Å²) in [7, 11) is 3.05. The second-order valence-corrected chi connectivity index (χ2v) is 11.0. The number of hydroxylamine groups is 2. The number of carbonyl (C=O) groups is 2. The Hall–Kier alpha value is -3.45. The van der Waals surface area contributed by atoms with E-state index < -0.39 is 0 Å². The van der Waals surface area contributed by atoms with Gasteiger partial charge in [-0.1, -0.05) is 56.3 Å². The lowest BCUT2D eigenvalue weighted by Crippen LogP contribution is -2.38. The third kappa shape index (κ3) is 4.99. The Morgan fingerprint density at radius 3 is 2.32 bits per heavy atom. The summed E-state index contributed by atoms with van der Waals surface area (Å²) in [4.78, 5) is 31.6. The van der Waals surface area contributed by atoms with Crippen LogP contribution in [0.4, 0.5) is 5.82 Å². The first-order valence-corrected chi connectivity index (χ1v) is 13.4. The Kier molecular flexibility index (Phi) is 7.79. The van der Waals surface area contributed by atoms with E-state index in [-0.39, 0.29) is 28.7 Å². The summed E-state index contributed by atoms with van der Waals surface area (Å²) < 4.78 is 2.00. The summed E-state index contributed by atoms with van der Waals surface area (Å²) in [6.07, 6.45) is 2.84. The molecule has 202 valence electrons. The van der Waals surface area contributed by atoms with Crippen LogP contribution in [-0.2, 0) is 15.8 Å². The molecule has 1 aliphatic heterocycles. The molecule has 7 nitrogen and oxygen atoms in total. The van der Waals surface area contributed by atoms with Crippen LogP contribution in [0.2, 0.25) is 0 Å². The number of benzene rings is 2. The van der Waals surface area contributed by atoms with Crippen LogP contribution in [0.3, 0.4) is 0 Å². The summed E-state index contributed by atoms with van der Waals surface area (Å²) in [5.74, 6) is 0.684. The number of Topliss-reactive ketones (excluding diaryl/α,β-unsaturated/α-hetero) is 1. The first-order valence-electron chi connectivity index (χ1n) is 13.4. The SMILES string of the molecule is CCC(CC)(CC(=O)c1c(C)nn2c1NC(c1ccccc1)CC2(C)C)c1ccc(C(=O)N(C)OC)cc1. The van der Waals surface area contributed by atoms with E-state index in [4.69, 9.17) is 9.94 Å². The fourth-order valence-corrected chi connectivity index (χ4v) is 5.76. The van der Waals surface area contributed by atoms with Gasteiger partial charge in [0.25, 0.3) is 5.91 Å². The van der Waals surface area contributed by atoms with Crippen molar-refractivity contribution >= 4 is 17.5 Å². The van der Waals surface area contributed by atoms with Crippen molar-refractivity contribution < 1.29 is 14.4 Å². The van der Waals surface area contributed by atoms with Crippen LogP contribution in [-0.4, -0.2) is 40.7 Å². The fourth-order valence-electron chi connectivity index (χ4n) is 5.76. The van der Waals surface area contributed by atoms with E-state index in [1.54, 1.807) is 7.05 Å². The number of aromatic nitrogens is 2. The second kappa shape index (κ2) is 10.7. The normalized spacial score (nSPS) is 16.4. The van der Waals surface area contributed by atoms with Gasteiger partial charge < -0.3 is 5.32 Å². The zero-order chi connectivity index (χ0) is 27.7. The molecule has 1 aliphatic rings. The Labute approximate surface area is 226 Å². The number of fused-ring (bicyclic) bond motifs is 1. The minimum Gasteiger partial charge on any atom is -0.363 e. The first-order chi connectivity index (χ1) is 18.1. The molecule has 0 fully saturated rings. The van der Waals surface area contributed by atoms with Crippen molar-refractivity contribution in [3.8, 4) is 0 Å². The zero-order valence-corrected chi connectivity index (χ0v) is 23.7. The Bertz CT molecular complexity index is 1290. The monoisotopic (exact) mass is 516 g/mol. The third-order valence-corrected chi connectivity index (χ3v) is 8.29. The Morgan fingerprint density at radius 2 is 1.74 bits per heavy atom. The summed E-state index contributed by atoms with van der Waals surface area (Å²) in [6.45, 7) is 10.5. The molecule has 3 aromatic rings. The van der Waals surface area contributed by atoms with E-state index in [0.717, 1.165) is 36.3 Å². The van der Waals surface area contributed by atoms with Gasteiger partial charge in [-0.3, -0.25) is 14.4 Å². The van der Waals surface area contributed by atoms with Crippen molar-refractivity contribution in [2.75, 3.05) is 19.5 Å². The lowest BCUT2D eigenvalue weighted by Gasteiger charge is -2.38. The summed E-state index contributed by atoms with van der Waals surface area (Å²) in [6, 6.07) is 18.1. The number of hydrogen-bond donors (Lipinski definition) is 1. The van der Waals surface area contributed by atoms with E-state index in [1.807, 2.05) is 41.9 Å². The smallest absolute Gasteiger partial charge is 0.277 e. The molecule has 0 saturated heterocycles. The highest BCUT2D eigenvalue weighted by molar-refractivity contribution is 6.02. The molecule has 1 N–H and O–H groups in total. The number of aryl methyl sites for hydroxylation is 1. The maximum absolute atomic E-state index is 14.1. The fraction of sp³-hybridized carbons (Fsp3) is 0.452. The minimum absolute atomic E-state index is 0.0868. The third-order valence-electron chi connectivity index (χ3n) is 8.29. The number of anilines is 1. The molecule has 1 amide bonds. The molecule has 0 saturated carbocycles. The highest BCUT2D eigenvalue weighted by Crippen LogP contribution is 2.43. The van der Waals surface area contributed by atoms with Crippen LogP contribution in [0.15, 0.2) is 54.6 Å². The van der Waals surface area contributed by atoms with Gasteiger partial charge in [0.15, 0.2) is 5.78 Å². The van der Waals surface area contributed by atoms with Gasteiger partial charge in [-0.25, -0.2) is 9.75 Å². The number of ketones is 1. The Morgan fingerprint density at radius 1 is 1.11 bits per heavy atom. The number of rotatable bonds is 9. The van der Waals surface area contributed by atoms with Crippen LogP contribution in [0, 0.1) is 6.92 Å². The van der Waals surface area contributed by atoms with E-state index in [9.17, 15) is 9.59 Å². The summed E-state index contributed by atoms with van der Waals surface area (Å²) in [5, 5.41) is 9.71. The molecule has 4 rings (SSSR count). The van der Waals surface area contributed by atoms with Gasteiger partial charge in [-0.2, -0.15) is 5.10 Å². The lowest BCUT2D eigenvalue weighted by atomic mass is 9.71. The van der Waals surface area contributed by atoms with Crippen molar-refractivity contribution in [2.24, 2.45) is 0 Å². The number of carbonyl (C=O) groups excluding carboxylic acids is 2. The van der Waals surface area contributed by atoms with Crippen LogP contribution in [0.5, 0.6) is 0 Å². The van der Waals surface area contributed by atoms with E-state index in [2.05, 4.69) is 57.3 Å². The largest absolute Gasteiger partial charge is 0.363 e. The molecule has 0 bridgehead atoms. The molecule has 2 aromatic carbocycles. The highest BCUT2D eigenvalue weighted by Gasteiger charge is 2.40. The number of hydrogen-bond acceptors (Lipinski definition) is 5. The molecule has 0 radical (unpaired) electrons. The van der Waals surface area contributed by atoms with E-state index >= 15 is 0 Å². The predicted molar refractivity (Wildman–Crippen MR) is 150 cm³/mol. The molecule has 1 aromatic heterocycles. The number of amides is 1. The first kappa shape index (κ1) is 27.6. The Balaban J connectivity index is 1.67. The maximum Gasteiger partial charge on any atom is 0.277 e. The topological polar surface area (TPSA) is 76.5 Å². The van der Waals surface area contributed by atoms with E-state index in [0.29, 0.717) is 17.5 Å². The van der Waals surface area contributed by atoms with Crippen LogP contribution in [0.1, 0.15) is 97.0 Å². The van der Waals surface area contributed by atoms with Crippen molar-refractivity contribution in [3.05, 3.63) is 82.5 Å². The molecule has 1 unspecified atom stereocenters. The van der Waals surface area contributed by atoms with Crippen LogP contribution in [0.25, 0.3) is 0 Å². The van der Waals surface area contributed by atoms with Crippen molar-refractivity contribution in [3.63, 3.8) is 0 Å². The molecular formula is C31H40N4O3. The predicted octanol–water partition coefficient (Wildman–Crippen LogP) is 6.45. The van der Waals surface area contributed by atoms with Gasteiger partial charge in [-0.15, -0.1) is 0 Å². The van der Waals surface area contributed by atoms with Crippen LogP contribution < -0.4 is 5.32 Å². The quantitative estimate of drug-likeness (QED) is 0.261. The molecule has 0 spiro atoms. The van der Waals surface area contributed by atoms with Gasteiger partial charge >= 0.3 is 0 Å². The molecule has 0 aliphatic carbocycles. The minimum atomic E-state index is -0.351. The van der Waals surface area contributed by atoms with Crippen molar-refractivity contribution in [1.29, 1.82) is 0 Å². The standard InChI is InChI=1S/C31H40N4O3/c1-8-31(9-2,24-17-15-23(16-18-24)29(37)34(6)38-7)20-26(36)27-21(3)33-35-28(27)32-25(19-30(35,4)5)22-13-11-10-12-14-22/h10-18,25,32H,8-9,19-20H2,1-7H3. The molecule has 2 heterocycles. The van der Waals surface area contributed by atoms with Gasteiger partial charge in [0, 0.05) is 24.4 Å². The second-order valence-electron chi connectivity index (χ2n) is 11.0. The van der Waals surface area contributed by atoms with Gasteiger partial charge in [0.05, 0.1) is 29.9 Å². The average molecular weight is 517 g/mol. The van der Waals surface area contributed by atoms with Crippen LogP contribution >= 0.6 is 0 Å². The highest BCUT2D eigenvalue weighted by atomic mass is 16.7. The van der Waals surface area contributed by atoms with Crippen molar-refractivity contribution in [1.82, 2.24) is 14.8 Å². The zero-order valence-electron chi connectivity index (χ0n) is 23.7. The van der Waals surface area contributed by atoms with E-state index in [1.165, 1.54) is 17.7 Å². The van der Waals surface area contributed by atoms with Crippen molar-refractivity contribution in [2.45, 2.75) is 77.3 Å². The summed E-state index contributed by atoms with van der Waals surface area (Å²) in [5.41, 5.74) is 3.65. The molecule has 38 heavy (non-hydrogen) atoms. The van der Waals surface area contributed by atoms with Gasteiger partial charge in [0.2, 0.25) is 0 Å². The number of nitrogens with zero attached hydrogens (tertiary/aromatic N) is 3. The lowest BCUT2D eigenvalue weighted by molar-refractivity contribution is -0.0757. The molecular weight excluding hydrogens is 476 g/mol. The molecule has 1 atom stereocenters. The summed E-state index contributed by atoms with van der Waals surface area (Å²) >= 11 is 0. The van der Waals surface area contributed by atoms with Gasteiger partial charge in [0.1, 0.15) is 5.82 Å². The van der Waals surface area contributed by atoms with Gasteiger partial charge in [-0.05, 0) is 63.3 Å². The number of nitrogens with one attached hydrogen (secondary N) is 1. The molecule has 7 heteroatoms.